The molecule has 0 bridgehead atoms. The Kier molecular flexibility index (Phi) is 4.79. The number of rotatable bonds is 5. The van der Waals surface area contributed by atoms with Crippen LogP contribution in [0.1, 0.15) is 0 Å². The summed E-state index contributed by atoms with van der Waals surface area (Å²) in [7, 11) is 4.78. The number of thiazole rings is 1. The molecule has 0 unspecified atom stereocenters. The van der Waals surface area contributed by atoms with Crippen molar-refractivity contribution in [2.45, 2.75) is 0 Å². The molecule has 0 aliphatic heterocycles. The summed E-state index contributed by atoms with van der Waals surface area (Å²) in [5.74, 6) is 1.70. The van der Waals surface area contributed by atoms with E-state index < -0.39 is 0 Å². The van der Waals surface area contributed by atoms with Crippen LogP contribution in [0, 0.1) is 0 Å². The van der Waals surface area contributed by atoms with Gasteiger partial charge in [0.1, 0.15) is 0 Å². The fourth-order valence-electron chi connectivity index (χ4n) is 3.36. The molecule has 2 N–H and O–H groups in total. The minimum atomic E-state index is 0.506. The summed E-state index contributed by atoms with van der Waals surface area (Å²) in [6.45, 7) is 0. The Labute approximate surface area is 167 Å². The van der Waals surface area contributed by atoms with Gasteiger partial charge in [-0.2, -0.15) is 0 Å². The van der Waals surface area contributed by atoms with E-state index in [2.05, 4.69) is 29.2 Å². The molecule has 28 heavy (non-hydrogen) atoms. The van der Waals surface area contributed by atoms with Crippen molar-refractivity contribution >= 4 is 27.2 Å². The van der Waals surface area contributed by atoms with E-state index in [9.17, 15) is 0 Å². The lowest BCUT2D eigenvalue weighted by Crippen LogP contribution is -1.96. The highest BCUT2D eigenvalue weighted by molar-refractivity contribution is 7.19. The Morgan fingerprint density at radius 2 is 1.54 bits per heavy atom. The van der Waals surface area contributed by atoms with Crippen LogP contribution in [-0.4, -0.2) is 26.3 Å². The molecule has 0 aliphatic rings. The lowest BCUT2D eigenvalue weighted by atomic mass is 10.00. The summed E-state index contributed by atoms with van der Waals surface area (Å²) < 4.78 is 16.4. The average molecular weight is 392 g/mol. The first-order valence-electron chi connectivity index (χ1n) is 8.71. The summed E-state index contributed by atoms with van der Waals surface area (Å²) in [6, 6.07) is 18.3. The van der Waals surface area contributed by atoms with E-state index in [1.807, 2.05) is 30.3 Å². The Hall–Kier alpha value is -3.25. The molecule has 5 nitrogen and oxygen atoms in total. The molecule has 142 valence electrons. The third-order valence-corrected chi connectivity index (χ3v) is 5.53. The van der Waals surface area contributed by atoms with Crippen LogP contribution in [0.5, 0.6) is 17.2 Å². The second kappa shape index (κ2) is 7.40. The number of benzene rings is 3. The number of anilines is 1. The minimum absolute atomic E-state index is 0.506. The number of nitrogens with zero attached hydrogens (tertiary/aromatic N) is 1. The molecule has 0 fully saturated rings. The van der Waals surface area contributed by atoms with Crippen LogP contribution in [0.4, 0.5) is 5.13 Å². The highest BCUT2D eigenvalue weighted by atomic mass is 32.1. The highest BCUT2D eigenvalue weighted by Crippen LogP contribution is 2.46. The van der Waals surface area contributed by atoms with E-state index in [-0.39, 0.29) is 0 Å². The molecule has 0 spiro atoms. The number of fused-ring (bicyclic) bond motifs is 1. The standard InChI is InChI=1S/C22H20N2O3S/c1-25-17-11-14(12-18(26-2)20(17)27-3)19-21(28-22(23)24-19)16-10-6-8-13-7-4-5-9-15(13)16/h4-12H,1-3H3,(H2,23,24). The highest BCUT2D eigenvalue weighted by Gasteiger charge is 2.20. The van der Waals surface area contributed by atoms with Gasteiger partial charge in [0.25, 0.3) is 0 Å². The van der Waals surface area contributed by atoms with Gasteiger partial charge in [-0.3, -0.25) is 0 Å². The molecule has 0 saturated heterocycles. The zero-order valence-electron chi connectivity index (χ0n) is 15.9. The number of nitrogen functional groups attached to an aromatic ring is 1. The SMILES string of the molecule is COc1cc(-c2nc(N)sc2-c2cccc3ccccc23)cc(OC)c1OC. The van der Waals surface area contributed by atoms with Crippen molar-refractivity contribution in [1.29, 1.82) is 0 Å². The minimum Gasteiger partial charge on any atom is -0.493 e. The van der Waals surface area contributed by atoms with Crippen molar-refractivity contribution in [2.75, 3.05) is 27.1 Å². The van der Waals surface area contributed by atoms with E-state index >= 15 is 0 Å². The zero-order chi connectivity index (χ0) is 19.7. The number of hydrogen-bond acceptors (Lipinski definition) is 6. The summed E-state index contributed by atoms with van der Waals surface area (Å²) in [5, 5.41) is 2.83. The first kappa shape index (κ1) is 18.1. The maximum atomic E-state index is 6.12. The third kappa shape index (κ3) is 3.01. The Morgan fingerprint density at radius 1 is 0.857 bits per heavy atom. The first-order chi connectivity index (χ1) is 13.7. The van der Waals surface area contributed by atoms with E-state index in [0.29, 0.717) is 22.4 Å². The van der Waals surface area contributed by atoms with Crippen LogP contribution >= 0.6 is 11.3 Å². The smallest absolute Gasteiger partial charge is 0.203 e. The zero-order valence-corrected chi connectivity index (χ0v) is 16.7. The van der Waals surface area contributed by atoms with Gasteiger partial charge in [0.15, 0.2) is 16.6 Å². The number of aromatic nitrogens is 1. The van der Waals surface area contributed by atoms with Gasteiger partial charge in [-0.25, -0.2) is 4.98 Å². The topological polar surface area (TPSA) is 66.6 Å². The van der Waals surface area contributed by atoms with Gasteiger partial charge in [0, 0.05) is 11.1 Å². The second-order valence-electron chi connectivity index (χ2n) is 6.17. The van der Waals surface area contributed by atoms with Crippen LogP contribution in [0.15, 0.2) is 54.6 Å². The van der Waals surface area contributed by atoms with Crippen LogP contribution in [0.3, 0.4) is 0 Å². The van der Waals surface area contributed by atoms with Gasteiger partial charge in [-0.05, 0) is 22.9 Å². The molecule has 1 heterocycles. The number of methoxy groups -OCH3 is 3. The van der Waals surface area contributed by atoms with Gasteiger partial charge in [0.05, 0.1) is 31.9 Å². The predicted octanol–water partition coefficient (Wildman–Crippen LogP) is 5.24. The van der Waals surface area contributed by atoms with E-state index in [4.69, 9.17) is 19.9 Å². The fourth-order valence-corrected chi connectivity index (χ4v) is 4.25. The molecule has 0 aliphatic carbocycles. The van der Waals surface area contributed by atoms with Crippen molar-refractivity contribution in [2.24, 2.45) is 0 Å². The molecular weight excluding hydrogens is 372 g/mol. The normalized spacial score (nSPS) is 10.8. The van der Waals surface area contributed by atoms with Gasteiger partial charge in [-0.15, -0.1) is 0 Å². The Balaban J connectivity index is 1.97. The largest absolute Gasteiger partial charge is 0.493 e. The van der Waals surface area contributed by atoms with Gasteiger partial charge < -0.3 is 19.9 Å². The maximum Gasteiger partial charge on any atom is 0.203 e. The molecule has 4 aromatic rings. The third-order valence-electron chi connectivity index (χ3n) is 4.62. The first-order valence-corrected chi connectivity index (χ1v) is 9.52. The molecule has 4 rings (SSSR count). The van der Waals surface area contributed by atoms with Crippen molar-refractivity contribution in [3.05, 3.63) is 54.6 Å². The molecule has 3 aromatic carbocycles. The lowest BCUT2D eigenvalue weighted by Gasteiger charge is -2.14. The summed E-state index contributed by atoms with van der Waals surface area (Å²) in [5.41, 5.74) is 8.85. The van der Waals surface area contributed by atoms with Crippen molar-refractivity contribution in [3.63, 3.8) is 0 Å². The molecule has 6 heteroatoms. The fraction of sp³-hybridized carbons (Fsp3) is 0.136. The summed E-state index contributed by atoms with van der Waals surface area (Å²) in [6.07, 6.45) is 0. The molecule has 0 atom stereocenters. The van der Waals surface area contributed by atoms with Crippen LogP contribution in [0.2, 0.25) is 0 Å². The average Bonchev–Trinajstić information content (AvgIpc) is 3.13. The molecule has 0 radical (unpaired) electrons. The molecule has 0 amide bonds. The van der Waals surface area contributed by atoms with Crippen LogP contribution in [-0.2, 0) is 0 Å². The summed E-state index contributed by atoms with van der Waals surface area (Å²) >= 11 is 1.47. The van der Waals surface area contributed by atoms with Crippen molar-refractivity contribution in [1.82, 2.24) is 4.98 Å². The van der Waals surface area contributed by atoms with Crippen molar-refractivity contribution < 1.29 is 14.2 Å². The van der Waals surface area contributed by atoms with Crippen LogP contribution < -0.4 is 19.9 Å². The second-order valence-corrected chi connectivity index (χ2v) is 7.20. The quantitative estimate of drug-likeness (QED) is 0.503. The Bertz CT molecular complexity index is 1120. The maximum absolute atomic E-state index is 6.12. The van der Waals surface area contributed by atoms with E-state index in [1.165, 1.54) is 16.7 Å². The van der Waals surface area contributed by atoms with E-state index in [1.54, 1.807) is 21.3 Å². The predicted molar refractivity (Wildman–Crippen MR) is 115 cm³/mol. The lowest BCUT2D eigenvalue weighted by molar-refractivity contribution is 0.324. The molecule has 0 saturated carbocycles. The van der Waals surface area contributed by atoms with Crippen molar-refractivity contribution in [3.8, 4) is 38.9 Å². The number of ether oxygens (including phenoxy) is 3. The number of nitrogens with two attached hydrogens (primary N) is 1. The summed E-state index contributed by atoms with van der Waals surface area (Å²) in [4.78, 5) is 5.62. The Morgan fingerprint density at radius 3 is 2.21 bits per heavy atom. The monoisotopic (exact) mass is 392 g/mol. The molecule has 1 aromatic heterocycles. The van der Waals surface area contributed by atoms with E-state index in [0.717, 1.165) is 27.1 Å². The van der Waals surface area contributed by atoms with Gasteiger partial charge in [0.2, 0.25) is 5.75 Å². The van der Waals surface area contributed by atoms with Gasteiger partial charge >= 0.3 is 0 Å². The number of hydrogen-bond donors (Lipinski definition) is 1. The molecular formula is C22H20N2O3S. The van der Waals surface area contributed by atoms with Crippen LogP contribution in [0.25, 0.3) is 32.5 Å². The van der Waals surface area contributed by atoms with Gasteiger partial charge in [-0.1, -0.05) is 53.8 Å².